The summed E-state index contributed by atoms with van der Waals surface area (Å²) in [7, 11) is -3.39. The van der Waals surface area contributed by atoms with Crippen LogP contribution in [0.25, 0.3) is 0 Å². The number of benzene rings is 1. The highest BCUT2D eigenvalue weighted by molar-refractivity contribution is 7.92. The number of carbonyl (C=O) groups excluding carboxylic acids is 1. The molecule has 1 aromatic carbocycles. The average Bonchev–Trinajstić information content (AvgIpc) is 2.51. The molecule has 0 fully saturated rings. The van der Waals surface area contributed by atoms with E-state index in [1.807, 2.05) is 0 Å². The molecule has 2 rings (SSSR count). The molecule has 1 aliphatic rings. The number of rotatable bonds is 6. The molecule has 1 aliphatic heterocycles. The van der Waals surface area contributed by atoms with E-state index in [4.69, 9.17) is 15.2 Å². The number of nitrogens with one attached hydrogen (secondary N) is 1. The second-order valence-corrected chi connectivity index (χ2v) is 6.84. The maximum atomic E-state index is 11.7. The van der Waals surface area contributed by atoms with Crippen molar-refractivity contribution in [3.63, 3.8) is 0 Å². The molecule has 1 heterocycles. The van der Waals surface area contributed by atoms with Crippen molar-refractivity contribution in [2.45, 2.75) is 13.8 Å². The van der Waals surface area contributed by atoms with Gasteiger partial charge in [-0.15, -0.1) is 0 Å². The SMILES string of the molecule is CCS(=O)(=O)Nc1cccc(OC2=CCOC=C2C(N)=O)c1C. The quantitative estimate of drug-likeness (QED) is 0.815. The number of ether oxygens (including phenoxy) is 2. The standard InChI is InChI=1S/C15H18N2O5S/c1-3-23(19,20)17-12-5-4-6-13(10(12)2)22-14-7-8-21-9-11(14)15(16)18/h4-7,9,17H,3,8H2,1-2H3,(H2,16,18). The molecule has 124 valence electrons. The Morgan fingerprint density at radius 1 is 1.43 bits per heavy atom. The Morgan fingerprint density at radius 2 is 2.17 bits per heavy atom. The third kappa shape index (κ3) is 4.04. The lowest BCUT2D eigenvalue weighted by Crippen LogP contribution is -2.21. The average molecular weight is 338 g/mol. The highest BCUT2D eigenvalue weighted by atomic mass is 32.2. The number of nitrogens with two attached hydrogens (primary N) is 1. The third-order valence-electron chi connectivity index (χ3n) is 3.25. The van der Waals surface area contributed by atoms with Gasteiger partial charge in [0, 0.05) is 5.56 Å². The molecule has 1 amide bonds. The first-order valence-electron chi connectivity index (χ1n) is 6.94. The molecule has 0 aliphatic carbocycles. The summed E-state index contributed by atoms with van der Waals surface area (Å²) in [4.78, 5) is 11.4. The van der Waals surface area contributed by atoms with Crippen molar-refractivity contribution in [2.24, 2.45) is 5.73 Å². The Hall–Kier alpha value is -2.48. The Kier molecular flexibility index (Phi) is 4.95. The van der Waals surface area contributed by atoms with Gasteiger partial charge in [-0.1, -0.05) is 6.07 Å². The molecule has 1 aromatic rings. The van der Waals surface area contributed by atoms with Gasteiger partial charge in [-0.25, -0.2) is 8.42 Å². The third-order valence-corrected chi connectivity index (χ3v) is 4.54. The van der Waals surface area contributed by atoms with Gasteiger partial charge in [0.2, 0.25) is 10.0 Å². The Labute approximate surface area is 134 Å². The molecule has 0 radical (unpaired) electrons. The molecule has 0 aromatic heterocycles. The van der Waals surface area contributed by atoms with Crippen LogP contribution in [-0.2, 0) is 19.6 Å². The summed E-state index contributed by atoms with van der Waals surface area (Å²) in [6, 6.07) is 4.97. The van der Waals surface area contributed by atoms with Gasteiger partial charge >= 0.3 is 0 Å². The number of primary amides is 1. The lowest BCUT2D eigenvalue weighted by molar-refractivity contribution is -0.114. The first-order valence-corrected chi connectivity index (χ1v) is 8.59. The molecule has 0 unspecified atom stereocenters. The van der Waals surface area contributed by atoms with Gasteiger partial charge in [-0.3, -0.25) is 9.52 Å². The lowest BCUT2D eigenvalue weighted by Gasteiger charge is -2.18. The van der Waals surface area contributed by atoms with Crippen molar-refractivity contribution < 1.29 is 22.7 Å². The van der Waals surface area contributed by atoms with Crippen molar-refractivity contribution in [2.75, 3.05) is 17.1 Å². The molecule has 8 heteroatoms. The second kappa shape index (κ2) is 6.74. The first-order chi connectivity index (χ1) is 10.8. The van der Waals surface area contributed by atoms with Gasteiger partial charge in [0.25, 0.3) is 5.91 Å². The Bertz CT molecular complexity index is 781. The van der Waals surface area contributed by atoms with E-state index in [9.17, 15) is 13.2 Å². The highest BCUT2D eigenvalue weighted by Crippen LogP contribution is 2.29. The summed E-state index contributed by atoms with van der Waals surface area (Å²) in [5.74, 6) is -0.00501. The number of sulfonamides is 1. The molecule has 23 heavy (non-hydrogen) atoms. The minimum absolute atomic E-state index is 0.0332. The zero-order valence-corrected chi connectivity index (χ0v) is 13.6. The smallest absolute Gasteiger partial charge is 0.255 e. The van der Waals surface area contributed by atoms with E-state index in [2.05, 4.69) is 4.72 Å². The summed E-state index contributed by atoms with van der Waals surface area (Å²) in [5.41, 5.74) is 6.42. The van der Waals surface area contributed by atoms with Gasteiger partial charge in [0.15, 0.2) is 0 Å². The molecular weight excluding hydrogens is 320 g/mol. The zero-order chi connectivity index (χ0) is 17.0. The Morgan fingerprint density at radius 3 is 2.83 bits per heavy atom. The van der Waals surface area contributed by atoms with Gasteiger partial charge in [-0.2, -0.15) is 0 Å². The fraction of sp³-hybridized carbons (Fsp3) is 0.267. The number of amides is 1. The maximum Gasteiger partial charge on any atom is 0.255 e. The summed E-state index contributed by atoms with van der Waals surface area (Å²) in [6.45, 7) is 3.53. The predicted octanol–water partition coefficient (Wildman–Crippen LogP) is 1.42. The molecular formula is C15H18N2O5S. The van der Waals surface area contributed by atoms with Crippen LogP contribution in [0.2, 0.25) is 0 Å². The van der Waals surface area contributed by atoms with E-state index < -0.39 is 15.9 Å². The van der Waals surface area contributed by atoms with Crippen molar-refractivity contribution in [1.82, 2.24) is 0 Å². The van der Waals surface area contributed by atoms with E-state index >= 15 is 0 Å². The molecule has 0 bridgehead atoms. The molecule has 0 spiro atoms. The number of hydrogen-bond donors (Lipinski definition) is 2. The molecule has 0 atom stereocenters. The minimum atomic E-state index is -3.39. The van der Waals surface area contributed by atoms with Crippen LogP contribution in [0.3, 0.4) is 0 Å². The van der Waals surface area contributed by atoms with Crippen LogP contribution in [0.4, 0.5) is 5.69 Å². The summed E-state index contributed by atoms with van der Waals surface area (Å²) >= 11 is 0. The van der Waals surface area contributed by atoms with Crippen LogP contribution in [0, 0.1) is 6.92 Å². The van der Waals surface area contributed by atoms with Gasteiger partial charge < -0.3 is 15.2 Å². The van der Waals surface area contributed by atoms with Crippen LogP contribution in [0.5, 0.6) is 5.75 Å². The van der Waals surface area contributed by atoms with Gasteiger partial charge in [-0.05, 0) is 32.1 Å². The number of carbonyl (C=O) groups is 1. The second-order valence-electron chi connectivity index (χ2n) is 4.83. The van der Waals surface area contributed by atoms with E-state index in [0.29, 0.717) is 17.0 Å². The fourth-order valence-electron chi connectivity index (χ4n) is 1.89. The predicted molar refractivity (Wildman–Crippen MR) is 86.2 cm³/mol. The van der Waals surface area contributed by atoms with Crippen LogP contribution in [-0.4, -0.2) is 26.7 Å². The maximum absolute atomic E-state index is 11.7. The number of anilines is 1. The van der Waals surface area contributed by atoms with E-state index in [0.717, 1.165) is 0 Å². The number of hydrogen-bond acceptors (Lipinski definition) is 5. The topological polar surface area (TPSA) is 108 Å². The van der Waals surface area contributed by atoms with E-state index in [-0.39, 0.29) is 23.7 Å². The molecule has 7 nitrogen and oxygen atoms in total. The van der Waals surface area contributed by atoms with E-state index in [1.165, 1.54) is 6.26 Å². The van der Waals surface area contributed by atoms with Crippen molar-refractivity contribution in [1.29, 1.82) is 0 Å². The lowest BCUT2D eigenvalue weighted by atomic mass is 10.1. The monoisotopic (exact) mass is 338 g/mol. The zero-order valence-electron chi connectivity index (χ0n) is 12.8. The van der Waals surface area contributed by atoms with Crippen molar-refractivity contribution in [3.8, 4) is 5.75 Å². The highest BCUT2D eigenvalue weighted by Gasteiger charge is 2.19. The van der Waals surface area contributed by atoms with Crippen LogP contribution in [0.15, 0.2) is 41.9 Å². The van der Waals surface area contributed by atoms with Gasteiger partial charge in [0.05, 0.1) is 17.7 Å². The minimum Gasteiger partial charge on any atom is -0.496 e. The van der Waals surface area contributed by atoms with Gasteiger partial charge in [0.1, 0.15) is 23.7 Å². The summed E-state index contributed by atoms with van der Waals surface area (Å²) in [5, 5.41) is 0. The van der Waals surface area contributed by atoms with Crippen LogP contribution in [0.1, 0.15) is 12.5 Å². The molecule has 0 saturated heterocycles. The molecule has 3 N–H and O–H groups in total. The van der Waals surface area contributed by atoms with Crippen molar-refractivity contribution in [3.05, 3.63) is 47.4 Å². The first kappa shape index (κ1) is 16.9. The normalized spacial score (nSPS) is 14.3. The Balaban J connectivity index is 2.30. The summed E-state index contributed by atoms with van der Waals surface area (Å²) < 4.78 is 36.7. The van der Waals surface area contributed by atoms with E-state index in [1.54, 1.807) is 38.1 Å². The largest absolute Gasteiger partial charge is 0.496 e. The van der Waals surface area contributed by atoms with Crippen LogP contribution >= 0.6 is 0 Å². The van der Waals surface area contributed by atoms with Crippen LogP contribution < -0.4 is 15.2 Å². The molecule has 0 saturated carbocycles. The fourth-order valence-corrected chi connectivity index (χ4v) is 2.59. The van der Waals surface area contributed by atoms with Crippen molar-refractivity contribution >= 4 is 21.6 Å². The summed E-state index contributed by atoms with van der Waals surface area (Å²) in [6.07, 6.45) is 2.83.